The van der Waals surface area contributed by atoms with E-state index in [1.165, 1.54) is 6.07 Å². The van der Waals surface area contributed by atoms with Gasteiger partial charge in [0, 0.05) is 13.1 Å². The predicted molar refractivity (Wildman–Crippen MR) is 71.1 cm³/mol. The summed E-state index contributed by atoms with van der Waals surface area (Å²) >= 11 is 0. The van der Waals surface area contributed by atoms with Crippen molar-refractivity contribution in [1.29, 1.82) is 0 Å². The van der Waals surface area contributed by atoms with Crippen LogP contribution in [0.25, 0.3) is 0 Å². The smallest absolute Gasteiger partial charge is 0.123 e. The van der Waals surface area contributed by atoms with Gasteiger partial charge in [0.15, 0.2) is 0 Å². The summed E-state index contributed by atoms with van der Waals surface area (Å²) in [6.07, 6.45) is 2.01. The number of hydrogen-bond donors (Lipinski definition) is 1. The largest absolute Gasteiger partial charge is 0.364 e. The first-order valence-electron chi connectivity index (χ1n) is 6.75. The molecular weight excluding hydrogens is 229 g/mol. The van der Waals surface area contributed by atoms with Gasteiger partial charge < -0.3 is 10.1 Å². The molecule has 18 heavy (non-hydrogen) atoms. The second-order valence-electron chi connectivity index (χ2n) is 5.13. The Hall–Kier alpha value is -0.930. The molecule has 3 heteroatoms. The lowest BCUT2D eigenvalue weighted by Gasteiger charge is -2.41. The molecule has 1 heterocycles. The molecular formula is C15H22FNO. The molecule has 1 N–H and O–H groups in total. The highest BCUT2D eigenvalue weighted by Crippen LogP contribution is 2.33. The van der Waals surface area contributed by atoms with Crippen molar-refractivity contribution >= 4 is 0 Å². The van der Waals surface area contributed by atoms with E-state index in [0.717, 1.165) is 37.1 Å². The maximum atomic E-state index is 13.1. The molecule has 1 aromatic rings. The number of hydrogen-bond acceptors (Lipinski definition) is 2. The molecule has 0 radical (unpaired) electrons. The van der Waals surface area contributed by atoms with Gasteiger partial charge in [-0.3, -0.25) is 0 Å². The van der Waals surface area contributed by atoms with Crippen LogP contribution in [0.3, 0.4) is 0 Å². The highest BCUT2D eigenvalue weighted by atomic mass is 19.1. The summed E-state index contributed by atoms with van der Waals surface area (Å²) < 4.78 is 19.4. The molecule has 0 aromatic heterocycles. The van der Waals surface area contributed by atoms with E-state index in [-0.39, 0.29) is 17.5 Å². The number of morpholine rings is 1. The number of rotatable bonds is 3. The third-order valence-corrected chi connectivity index (χ3v) is 4.04. The number of benzene rings is 1. The van der Waals surface area contributed by atoms with Crippen molar-refractivity contribution in [3.63, 3.8) is 0 Å². The minimum absolute atomic E-state index is 0.0271. The average molecular weight is 251 g/mol. The van der Waals surface area contributed by atoms with Crippen LogP contribution >= 0.6 is 0 Å². The molecule has 100 valence electrons. The van der Waals surface area contributed by atoms with Gasteiger partial charge in [0.1, 0.15) is 5.82 Å². The first kappa shape index (κ1) is 13.5. The third kappa shape index (κ3) is 2.57. The van der Waals surface area contributed by atoms with Crippen molar-refractivity contribution in [3.05, 3.63) is 35.1 Å². The average Bonchev–Trinajstić information content (AvgIpc) is 2.38. The molecule has 1 unspecified atom stereocenters. The van der Waals surface area contributed by atoms with Gasteiger partial charge in [0.05, 0.1) is 11.7 Å². The van der Waals surface area contributed by atoms with Crippen LogP contribution in [0.2, 0.25) is 0 Å². The fourth-order valence-corrected chi connectivity index (χ4v) is 2.66. The third-order valence-electron chi connectivity index (χ3n) is 4.04. The Bertz CT molecular complexity index is 415. The summed E-state index contributed by atoms with van der Waals surface area (Å²) in [4.78, 5) is 0. The monoisotopic (exact) mass is 251 g/mol. The summed E-state index contributed by atoms with van der Waals surface area (Å²) in [5.41, 5.74) is 1.98. The molecule has 1 fully saturated rings. The van der Waals surface area contributed by atoms with Crippen LogP contribution in [0, 0.1) is 12.7 Å². The molecule has 1 aliphatic rings. The molecule has 1 aromatic carbocycles. The highest BCUT2D eigenvalue weighted by molar-refractivity contribution is 5.29. The van der Waals surface area contributed by atoms with Crippen LogP contribution in [0.4, 0.5) is 4.39 Å². The number of halogens is 1. The van der Waals surface area contributed by atoms with Crippen molar-refractivity contribution in [2.45, 2.75) is 45.3 Å². The van der Waals surface area contributed by atoms with Crippen LogP contribution in [-0.2, 0) is 4.74 Å². The fourth-order valence-electron chi connectivity index (χ4n) is 2.66. The SMILES string of the molecule is CCC1(CC)CNCC(c2ccc(F)cc2C)O1. The van der Waals surface area contributed by atoms with Gasteiger partial charge in [0.25, 0.3) is 0 Å². The van der Waals surface area contributed by atoms with E-state index in [1.807, 2.05) is 13.0 Å². The topological polar surface area (TPSA) is 21.3 Å². The van der Waals surface area contributed by atoms with E-state index in [9.17, 15) is 4.39 Å². The predicted octanol–water partition coefficient (Wildman–Crippen LogP) is 3.35. The van der Waals surface area contributed by atoms with E-state index in [2.05, 4.69) is 19.2 Å². The summed E-state index contributed by atoms with van der Waals surface area (Å²) in [7, 11) is 0. The van der Waals surface area contributed by atoms with E-state index in [4.69, 9.17) is 4.74 Å². The molecule has 0 spiro atoms. The maximum Gasteiger partial charge on any atom is 0.123 e. The van der Waals surface area contributed by atoms with Crippen LogP contribution < -0.4 is 5.32 Å². The van der Waals surface area contributed by atoms with E-state index >= 15 is 0 Å². The molecule has 0 saturated carbocycles. The summed E-state index contributed by atoms with van der Waals surface area (Å²) in [6, 6.07) is 4.94. The lowest BCUT2D eigenvalue weighted by molar-refractivity contribution is -0.122. The normalized spacial score (nSPS) is 23.0. The molecule has 1 atom stereocenters. The molecule has 1 saturated heterocycles. The first-order chi connectivity index (χ1) is 8.60. The van der Waals surface area contributed by atoms with E-state index < -0.39 is 0 Å². The van der Waals surface area contributed by atoms with Crippen LogP contribution in [0.1, 0.15) is 43.9 Å². The Labute approximate surface area is 109 Å². The van der Waals surface area contributed by atoms with Gasteiger partial charge in [-0.05, 0) is 43.0 Å². The Morgan fingerprint density at radius 2 is 2.11 bits per heavy atom. The van der Waals surface area contributed by atoms with Crippen LogP contribution in [-0.4, -0.2) is 18.7 Å². The minimum atomic E-state index is -0.183. The Morgan fingerprint density at radius 3 is 2.72 bits per heavy atom. The number of nitrogens with one attached hydrogen (secondary N) is 1. The molecule has 1 aliphatic heterocycles. The van der Waals surface area contributed by atoms with Gasteiger partial charge in [-0.15, -0.1) is 0 Å². The van der Waals surface area contributed by atoms with Gasteiger partial charge in [-0.2, -0.15) is 0 Å². The summed E-state index contributed by atoms with van der Waals surface area (Å²) in [5, 5.41) is 3.45. The molecule has 0 amide bonds. The number of ether oxygens (including phenoxy) is 1. The zero-order chi connectivity index (χ0) is 13.2. The second-order valence-corrected chi connectivity index (χ2v) is 5.13. The zero-order valence-electron chi connectivity index (χ0n) is 11.4. The van der Waals surface area contributed by atoms with Gasteiger partial charge in [-0.1, -0.05) is 19.9 Å². The molecule has 2 rings (SSSR count). The van der Waals surface area contributed by atoms with Gasteiger partial charge in [0.2, 0.25) is 0 Å². The first-order valence-corrected chi connectivity index (χ1v) is 6.75. The van der Waals surface area contributed by atoms with Crippen LogP contribution in [0.5, 0.6) is 0 Å². The quantitative estimate of drug-likeness (QED) is 0.889. The van der Waals surface area contributed by atoms with E-state index in [1.54, 1.807) is 6.07 Å². The molecule has 0 aliphatic carbocycles. The van der Waals surface area contributed by atoms with Crippen molar-refractivity contribution in [3.8, 4) is 0 Å². The van der Waals surface area contributed by atoms with Crippen molar-refractivity contribution < 1.29 is 9.13 Å². The maximum absolute atomic E-state index is 13.1. The van der Waals surface area contributed by atoms with E-state index in [0.29, 0.717) is 0 Å². The Balaban J connectivity index is 2.23. The Kier molecular flexibility index (Phi) is 4.03. The van der Waals surface area contributed by atoms with Crippen LogP contribution in [0.15, 0.2) is 18.2 Å². The minimum Gasteiger partial charge on any atom is -0.364 e. The zero-order valence-corrected chi connectivity index (χ0v) is 11.4. The summed E-state index contributed by atoms with van der Waals surface area (Å²) in [5.74, 6) is -0.183. The van der Waals surface area contributed by atoms with Gasteiger partial charge >= 0.3 is 0 Å². The second kappa shape index (κ2) is 5.37. The van der Waals surface area contributed by atoms with Crippen molar-refractivity contribution in [2.75, 3.05) is 13.1 Å². The highest BCUT2D eigenvalue weighted by Gasteiger charge is 2.35. The molecule has 0 bridgehead atoms. The van der Waals surface area contributed by atoms with Gasteiger partial charge in [-0.25, -0.2) is 4.39 Å². The summed E-state index contributed by atoms with van der Waals surface area (Å²) in [6.45, 7) is 7.96. The standard InChI is InChI=1S/C15H22FNO/c1-4-15(5-2)10-17-9-14(18-15)13-7-6-12(16)8-11(13)3/h6-8,14,17H,4-5,9-10H2,1-3H3. The lowest BCUT2D eigenvalue weighted by atomic mass is 9.93. The van der Waals surface area contributed by atoms with Crippen molar-refractivity contribution in [1.82, 2.24) is 5.32 Å². The Morgan fingerprint density at radius 1 is 1.39 bits per heavy atom. The van der Waals surface area contributed by atoms with Crippen molar-refractivity contribution in [2.24, 2.45) is 0 Å². The molecule has 2 nitrogen and oxygen atoms in total. The fraction of sp³-hybridized carbons (Fsp3) is 0.600. The lowest BCUT2D eigenvalue weighted by Crippen LogP contribution is -2.50. The number of aryl methyl sites for hydroxylation is 1.